The van der Waals surface area contributed by atoms with Crippen molar-refractivity contribution in [2.75, 3.05) is 0 Å². The van der Waals surface area contributed by atoms with E-state index < -0.39 is 41.4 Å². The molecule has 2 aromatic rings. The molecule has 1 amide bonds. The van der Waals surface area contributed by atoms with Gasteiger partial charge in [-0.2, -0.15) is 13.2 Å². The van der Waals surface area contributed by atoms with Crippen LogP contribution in [0.25, 0.3) is 0 Å². The third kappa shape index (κ3) is 5.14. The van der Waals surface area contributed by atoms with Gasteiger partial charge < -0.3 is 10.1 Å². The summed E-state index contributed by atoms with van der Waals surface area (Å²) in [6.07, 6.45) is -9.52. The molecule has 2 aromatic carbocycles. The molecule has 0 aromatic heterocycles. The topological polar surface area (TPSA) is 38.3 Å². The minimum Gasteiger partial charge on any atom is -0.406 e. The van der Waals surface area contributed by atoms with E-state index in [2.05, 4.69) is 10.1 Å². The van der Waals surface area contributed by atoms with Crippen LogP contribution >= 0.6 is 0 Å². The predicted molar refractivity (Wildman–Crippen MR) is 80.5 cm³/mol. The van der Waals surface area contributed by atoms with Gasteiger partial charge in [0.15, 0.2) is 0 Å². The Hall–Kier alpha value is -2.71. The van der Waals surface area contributed by atoms with Crippen LogP contribution in [0.15, 0.2) is 48.5 Å². The fourth-order valence-electron chi connectivity index (χ4n) is 2.24. The van der Waals surface area contributed by atoms with Gasteiger partial charge in [-0.3, -0.25) is 4.79 Å². The summed E-state index contributed by atoms with van der Waals surface area (Å²) < 4.78 is 79.0. The van der Waals surface area contributed by atoms with E-state index in [0.717, 1.165) is 24.3 Å². The number of nitrogens with one attached hydrogen (secondary N) is 1. The lowest BCUT2D eigenvalue weighted by molar-refractivity contribution is -0.274. The van der Waals surface area contributed by atoms with E-state index in [9.17, 15) is 31.1 Å². The van der Waals surface area contributed by atoms with Gasteiger partial charge in [0, 0.05) is 0 Å². The van der Waals surface area contributed by atoms with Crippen LogP contribution in [0.5, 0.6) is 5.75 Å². The number of alkyl halides is 6. The molecule has 0 saturated heterocycles. The number of carbonyl (C=O) groups is 1. The number of hydrogen-bond donors (Lipinski definition) is 1. The molecule has 0 radical (unpaired) electrons. The van der Waals surface area contributed by atoms with Crippen LogP contribution in [-0.4, -0.2) is 12.3 Å². The quantitative estimate of drug-likeness (QED) is 0.754. The summed E-state index contributed by atoms with van der Waals surface area (Å²) in [5, 5.41) is 2.39. The van der Waals surface area contributed by atoms with Crippen LogP contribution in [-0.2, 0) is 6.18 Å². The standard InChI is InChI=1S/C17H13F6NO2/c1-10(11-6-8-12(9-7-11)26-17(21,22)23)24-15(25)13-4-2-3-5-14(13)16(18,19)20/h2-10H,1H3,(H,24,25). The summed E-state index contributed by atoms with van der Waals surface area (Å²) in [4.78, 5) is 12.2. The van der Waals surface area contributed by atoms with E-state index in [0.29, 0.717) is 5.56 Å². The molecule has 2 rings (SSSR count). The Labute approximate surface area is 144 Å². The van der Waals surface area contributed by atoms with Crippen molar-refractivity contribution in [3.8, 4) is 5.75 Å². The van der Waals surface area contributed by atoms with Gasteiger partial charge in [-0.25, -0.2) is 0 Å². The third-order valence-electron chi connectivity index (χ3n) is 3.44. The van der Waals surface area contributed by atoms with Gasteiger partial charge >= 0.3 is 12.5 Å². The maximum absolute atomic E-state index is 13.0. The average molecular weight is 377 g/mol. The molecular weight excluding hydrogens is 364 g/mol. The normalized spacial score (nSPS) is 13.2. The maximum atomic E-state index is 13.0. The first-order chi connectivity index (χ1) is 12.0. The molecule has 0 heterocycles. The van der Waals surface area contributed by atoms with Gasteiger partial charge in [-0.05, 0) is 36.8 Å². The van der Waals surface area contributed by atoms with Crippen LogP contribution in [0.3, 0.4) is 0 Å². The van der Waals surface area contributed by atoms with E-state index >= 15 is 0 Å². The molecule has 1 N–H and O–H groups in total. The number of ether oxygens (including phenoxy) is 1. The van der Waals surface area contributed by atoms with E-state index in [1.165, 1.54) is 31.2 Å². The first kappa shape index (κ1) is 19.6. The summed E-state index contributed by atoms with van der Waals surface area (Å²) in [7, 11) is 0. The largest absolute Gasteiger partial charge is 0.573 e. The highest BCUT2D eigenvalue weighted by Gasteiger charge is 2.35. The molecule has 140 valence electrons. The monoisotopic (exact) mass is 377 g/mol. The highest BCUT2D eigenvalue weighted by molar-refractivity contribution is 5.96. The summed E-state index contributed by atoms with van der Waals surface area (Å²) in [5.41, 5.74) is -1.21. The van der Waals surface area contributed by atoms with Gasteiger partial charge in [0.25, 0.3) is 5.91 Å². The number of carbonyl (C=O) groups excluding carboxylic acids is 1. The first-order valence-electron chi connectivity index (χ1n) is 7.30. The van der Waals surface area contributed by atoms with Crippen molar-refractivity contribution in [1.29, 1.82) is 0 Å². The first-order valence-corrected chi connectivity index (χ1v) is 7.30. The van der Waals surface area contributed by atoms with Crippen LogP contribution in [0.4, 0.5) is 26.3 Å². The minimum atomic E-state index is -4.83. The Kier molecular flexibility index (Phi) is 5.48. The minimum absolute atomic E-state index is 0.400. The number of rotatable bonds is 4. The molecule has 0 fully saturated rings. The van der Waals surface area contributed by atoms with Crippen molar-refractivity contribution < 1.29 is 35.9 Å². The van der Waals surface area contributed by atoms with Gasteiger partial charge in [0.2, 0.25) is 0 Å². The third-order valence-corrected chi connectivity index (χ3v) is 3.44. The molecule has 0 aliphatic carbocycles. The Balaban J connectivity index is 2.13. The van der Waals surface area contributed by atoms with E-state index in [4.69, 9.17) is 0 Å². The number of amides is 1. The SMILES string of the molecule is CC(NC(=O)c1ccccc1C(F)(F)F)c1ccc(OC(F)(F)F)cc1. The van der Waals surface area contributed by atoms with Crippen LogP contribution in [0.2, 0.25) is 0 Å². The zero-order valence-corrected chi connectivity index (χ0v) is 13.3. The van der Waals surface area contributed by atoms with Crippen molar-refractivity contribution in [2.24, 2.45) is 0 Å². The number of hydrogen-bond acceptors (Lipinski definition) is 2. The molecule has 1 unspecified atom stereocenters. The van der Waals surface area contributed by atoms with Gasteiger partial charge in [0.1, 0.15) is 5.75 Å². The zero-order chi connectivity index (χ0) is 19.5. The van der Waals surface area contributed by atoms with Gasteiger partial charge in [-0.15, -0.1) is 13.2 Å². The molecule has 0 saturated carbocycles. The van der Waals surface area contributed by atoms with E-state index in [1.807, 2.05) is 0 Å². The molecule has 1 atom stereocenters. The Morgan fingerprint density at radius 2 is 1.54 bits per heavy atom. The molecular formula is C17H13F6NO2. The smallest absolute Gasteiger partial charge is 0.406 e. The summed E-state index contributed by atoms with van der Waals surface area (Å²) >= 11 is 0. The second-order valence-electron chi connectivity index (χ2n) is 5.36. The summed E-state index contributed by atoms with van der Waals surface area (Å²) in [5.74, 6) is -1.39. The van der Waals surface area contributed by atoms with Gasteiger partial charge in [0.05, 0.1) is 17.2 Å². The van der Waals surface area contributed by atoms with Crippen molar-refractivity contribution in [3.05, 3.63) is 65.2 Å². The lowest BCUT2D eigenvalue weighted by Gasteiger charge is -2.17. The highest BCUT2D eigenvalue weighted by Crippen LogP contribution is 2.32. The van der Waals surface area contributed by atoms with Crippen LogP contribution in [0.1, 0.15) is 34.5 Å². The zero-order valence-electron chi connectivity index (χ0n) is 13.3. The van der Waals surface area contributed by atoms with Crippen molar-refractivity contribution in [2.45, 2.75) is 25.5 Å². The molecule has 0 bridgehead atoms. The predicted octanol–water partition coefficient (Wildman–Crippen LogP) is 5.10. The van der Waals surface area contributed by atoms with Crippen molar-refractivity contribution >= 4 is 5.91 Å². The lowest BCUT2D eigenvalue weighted by Crippen LogP contribution is -2.28. The molecule has 0 aliphatic heterocycles. The van der Waals surface area contributed by atoms with Crippen molar-refractivity contribution in [3.63, 3.8) is 0 Å². The molecule has 26 heavy (non-hydrogen) atoms. The fourth-order valence-corrected chi connectivity index (χ4v) is 2.24. The summed E-state index contributed by atoms with van der Waals surface area (Å²) in [6, 6.07) is 8.24. The Bertz CT molecular complexity index is 768. The average Bonchev–Trinajstić information content (AvgIpc) is 2.53. The highest BCUT2D eigenvalue weighted by atomic mass is 19.4. The Morgan fingerprint density at radius 1 is 0.962 bits per heavy atom. The van der Waals surface area contributed by atoms with Crippen LogP contribution in [0, 0.1) is 0 Å². The molecule has 0 aliphatic rings. The Morgan fingerprint density at radius 3 is 2.08 bits per heavy atom. The molecule has 9 heteroatoms. The van der Waals surface area contributed by atoms with E-state index in [1.54, 1.807) is 0 Å². The van der Waals surface area contributed by atoms with Crippen LogP contribution < -0.4 is 10.1 Å². The molecule has 0 spiro atoms. The van der Waals surface area contributed by atoms with Gasteiger partial charge in [-0.1, -0.05) is 24.3 Å². The lowest BCUT2D eigenvalue weighted by atomic mass is 10.0. The second kappa shape index (κ2) is 7.27. The number of halogens is 6. The summed E-state index contributed by atoms with van der Waals surface area (Å²) in [6.45, 7) is 1.49. The second-order valence-corrected chi connectivity index (χ2v) is 5.36. The fraction of sp³-hybridized carbons (Fsp3) is 0.235. The maximum Gasteiger partial charge on any atom is 0.573 e. The molecule has 3 nitrogen and oxygen atoms in total. The van der Waals surface area contributed by atoms with Crippen molar-refractivity contribution in [1.82, 2.24) is 5.32 Å². The van der Waals surface area contributed by atoms with E-state index in [-0.39, 0.29) is 0 Å². The number of benzene rings is 2.